The molecular weight excluding hydrogens is 160 g/mol. The average Bonchev–Trinajstić information content (AvgIpc) is 0. The molecule has 0 aromatic rings. The van der Waals surface area contributed by atoms with Gasteiger partial charge in [0.1, 0.15) is 0 Å². The van der Waals surface area contributed by atoms with Crippen molar-refractivity contribution >= 4 is 0 Å². The zero-order chi connectivity index (χ0) is 0. The Labute approximate surface area is 65.3 Å². The predicted octanol–water partition coefficient (Wildman–Crippen LogP) is -0.712. The maximum atomic E-state index is 0. The summed E-state index contributed by atoms with van der Waals surface area (Å²) in [5.74, 6) is 0. The van der Waals surface area contributed by atoms with Gasteiger partial charge in [0.15, 0.2) is 0 Å². The van der Waals surface area contributed by atoms with E-state index in [1.165, 1.54) is 0 Å². The molecule has 0 bridgehead atoms. The molecular formula is H4O4Ti2. The van der Waals surface area contributed by atoms with Crippen LogP contribution in [-0.2, 0) is 43.4 Å². The van der Waals surface area contributed by atoms with E-state index in [9.17, 15) is 0 Å². The first-order valence-electron chi connectivity index (χ1n) is 0. The summed E-state index contributed by atoms with van der Waals surface area (Å²) in [5, 5.41) is 0. The molecule has 0 spiro atoms. The third kappa shape index (κ3) is 59.7. The van der Waals surface area contributed by atoms with Crippen molar-refractivity contribution in [1.29, 1.82) is 0 Å². The molecule has 36 valence electrons. The van der Waals surface area contributed by atoms with E-state index in [0.29, 0.717) is 0 Å². The average molecular weight is 164 g/mol. The standard InChI is InChI=1S/4H2O.2Ti/h4*1H2;;/q;;;;;+4/p-4. The second-order valence-corrected chi connectivity index (χ2v) is 0. The number of hydrogen-bond acceptors (Lipinski definition) is 4. The number of hydrogen-bond donors (Lipinski definition) is 0. The van der Waals surface area contributed by atoms with E-state index >= 15 is 0 Å². The summed E-state index contributed by atoms with van der Waals surface area (Å²) >= 11 is 0. The molecule has 6 heavy (non-hydrogen) atoms. The van der Waals surface area contributed by atoms with Gasteiger partial charge >= 0.3 is 21.7 Å². The SMILES string of the molecule is [OH-].[OH-].[OH-].[OH-].[Ti+4].[Ti]. The van der Waals surface area contributed by atoms with Gasteiger partial charge in [-0.25, -0.2) is 0 Å². The van der Waals surface area contributed by atoms with Gasteiger partial charge in [0.05, 0.1) is 0 Å². The summed E-state index contributed by atoms with van der Waals surface area (Å²) in [5.41, 5.74) is 0. The van der Waals surface area contributed by atoms with Crippen molar-refractivity contribution < 1.29 is 65.3 Å². The van der Waals surface area contributed by atoms with Gasteiger partial charge in [-0.3, -0.25) is 0 Å². The smallest absolute Gasteiger partial charge is 0.870 e. The monoisotopic (exact) mass is 164 g/mol. The molecule has 0 aliphatic carbocycles. The van der Waals surface area contributed by atoms with Crippen LogP contribution in [0.4, 0.5) is 0 Å². The summed E-state index contributed by atoms with van der Waals surface area (Å²) < 4.78 is 0. The van der Waals surface area contributed by atoms with Crippen LogP contribution < -0.4 is 0 Å². The molecule has 0 aromatic heterocycles. The van der Waals surface area contributed by atoms with Crippen LogP contribution >= 0.6 is 0 Å². The number of rotatable bonds is 0. The van der Waals surface area contributed by atoms with Gasteiger partial charge in [-0.15, -0.1) is 0 Å². The van der Waals surface area contributed by atoms with Crippen LogP contribution in [0.1, 0.15) is 0 Å². The zero-order valence-electron chi connectivity index (χ0n) is 2.79. The third-order valence-electron chi connectivity index (χ3n) is 0. The van der Waals surface area contributed by atoms with Gasteiger partial charge in [-0.1, -0.05) is 0 Å². The summed E-state index contributed by atoms with van der Waals surface area (Å²) in [6.07, 6.45) is 0. The van der Waals surface area contributed by atoms with Crippen LogP contribution in [0.2, 0.25) is 0 Å². The van der Waals surface area contributed by atoms with Gasteiger partial charge in [-0.2, -0.15) is 0 Å². The minimum Gasteiger partial charge on any atom is -0.870 e. The Morgan fingerprint density at radius 3 is 0.500 bits per heavy atom. The van der Waals surface area contributed by atoms with Gasteiger partial charge in [0, 0.05) is 21.7 Å². The van der Waals surface area contributed by atoms with E-state index in [-0.39, 0.29) is 65.3 Å². The predicted molar refractivity (Wildman–Crippen MR) is 7.74 cm³/mol. The van der Waals surface area contributed by atoms with Crippen molar-refractivity contribution in [3.05, 3.63) is 0 Å². The molecule has 0 atom stereocenters. The van der Waals surface area contributed by atoms with Crippen LogP contribution in [0, 0.1) is 0 Å². The Kier molecular flexibility index (Phi) is 3200. The fourth-order valence-corrected chi connectivity index (χ4v) is 0. The van der Waals surface area contributed by atoms with E-state index in [0.717, 1.165) is 0 Å². The third-order valence-corrected chi connectivity index (χ3v) is 0. The Morgan fingerprint density at radius 1 is 0.500 bits per heavy atom. The van der Waals surface area contributed by atoms with Gasteiger partial charge in [-0.05, 0) is 0 Å². The molecule has 0 aliphatic heterocycles. The molecule has 0 saturated heterocycles. The van der Waals surface area contributed by atoms with Crippen LogP contribution in [0.3, 0.4) is 0 Å². The Bertz CT molecular complexity index is 5.51. The molecule has 0 saturated carbocycles. The quantitative estimate of drug-likeness (QED) is 0.438. The minimum atomic E-state index is 0. The topological polar surface area (TPSA) is 120 Å². The van der Waals surface area contributed by atoms with Crippen molar-refractivity contribution in [3.63, 3.8) is 0 Å². The van der Waals surface area contributed by atoms with Crippen molar-refractivity contribution in [2.75, 3.05) is 0 Å². The second kappa shape index (κ2) is 108. The van der Waals surface area contributed by atoms with E-state index in [4.69, 9.17) is 0 Å². The minimum absolute atomic E-state index is 0. The van der Waals surface area contributed by atoms with Crippen LogP contribution in [0.25, 0.3) is 0 Å². The Hall–Kier alpha value is 1.27. The first kappa shape index (κ1) is 177. The summed E-state index contributed by atoms with van der Waals surface area (Å²) in [6, 6.07) is 0. The molecule has 4 nitrogen and oxygen atoms in total. The van der Waals surface area contributed by atoms with E-state index < -0.39 is 0 Å². The van der Waals surface area contributed by atoms with Crippen molar-refractivity contribution in [3.8, 4) is 0 Å². The van der Waals surface area contributed by atoms with Gasteiger partial charge in [0.25, 0.3) is 0 Å². The van der Waals surface area contributed by atoms with Gasteiger partial charge in [0.2, 0.25) is 0 Å². The summed E-state index contributed by atoms with van der Waals surface area (Å²) in [7, 11) is 0. The Balaban J connectivity index is 0. The molecule has 0 heterocycles. The normalized spacial score (nSPS) is 0. The fraction of sp³-hybridized carbons (Fsp3) is 0. The molecule has 0 unspecified atom stereocenters. The fourth-order valence-electron chi connectivity index (χ4n) is 0. The molecule has 0 aromatic carbocycles. The van der Waals surface area contributed by atoms with Gasteiger partial charge < -0.3 is 21.9 Å². The van der Waals surface area contributed by atoms with Crippen molar-refractivity contribution in [1.82, 2.24) is 0 Å². The maximum Gasteiger partial charge on any atom is 4.00 e. The molecule has 0 radical (unpaired) electrons. The van der Waals surface area contributed by atoms with Crippen molar-refractivity contribution in [2.24, 2.45) is 0 Å². The van der Waals surface area contributed by atoms with Crippen LogP contribution in [0.5, 0.6) is 0 Å². The van der Waals surface area contributed by atoms with E-state index in [2.05, 4.69) is 0 Å². The first-order chi connectivity index (χ1) is 0. The first-order valence-corrected chi connectivity index (χ1v) is 0. The van der Waals surface area contributed by atoms with E-state index in [1.807, 2.05) is 0 Å². The van der Waals surface area contributed by atoms with E-state index in [1.54, 1.807) is 0 Å². The molecule has 4 N–H and O–H groups in total. The molecule has 0 aliphatic rings. The van der Waals surface area contributed by atoms with Crippen molar-refractivity contribution in [2.45, 2.75) is 0 Å². The largest absolute Gasteiger partial charge is 4.00 e. The van der Waals surface area contributed by atoms with Crippen LogP contribution in [0.15, 0.2) is 0 Å². The zero-order valence-corrected chi connectivity index (χ0v) is 5.91. The Morgan fingerprint density at radius 2 is 0.500 bits per heavy atom. The maximum absolute atomic E-state index is 0. The second-order valence-electron chi connectivity index (χ2n) is 0. The molecule has 6 heteroatoms. The molecule has 0 rings (SSSR count). The van der Waals surface area contributed by atoms with Crippen LogP contribution in [-0.4, -0.2) is 21.9 Å². The summed E-state index contributed by atoms with van der Waals surface area (Å²) in [4.78, 5) is 0. The molecule has 0 fully saturated rings. The summed E-state index contributed by atoms with van der Waals surface area (Å²) in [6.45, 7) is 0. The molecule has 0 amide bonds.